The highest BCUT2D eigenvalue weighted by atomic mass is 19.1. The van der Waals surface area contributed by atoms with E-state index in [1.54, 1.807) is 30.5 Å². The minimum atomic E-state index is -0.787. The molecule has 3 rings (SSSR count). The van der Waals surface area contributed by atoms with Crippen LogP contribution in [0, 0.1) is 5.82 Å². The summed E-state index contributed by atoms with van der Waals surface area (Å²) in [7, 11) is 0. The third kappa shape index (κ3) is 2.97. The average molecular weight is 315 g/mol. The monoisotopic (exact) mass is 315 g/mol. The zero-order chi connectivity index (χ0) is 16.3. The minimum Gasteiger partial charge on any atom is -0.357 e. The molecule has 3 N–H and O–H groups in total. The van der Waals surface area contributed by atoms with Crippen LogP contribution in [0.25, 0.3) is 0 Å². The van der Waals surface area contributed by atoms with Gasteiger partial charge >= 0.3 is 0 Å². The smallest absolute Gasteiger partial charge is 0.286 e. The molecular formula is C17H18FN3O2. The molecule has 0 bridgehead atoms. The summed E-state index contributed by atoms with van der Waals surface area (Å²) < 4.78 is 13.5. The van der Waals surface area contributed by atoms with E-state index >= 15 is 0 Å². The molecule has 2 amide bonds. The molecule has 23 heavy (non-hydrogen) atoms. The van der Waals surface area contributed by atoms with Crippen LogP contribution in [0.5, 0.6) is 0 Å². The Balaban J connectivity index is 1.76. The van der Waals surface area contributed by atoms with Crippen LogP contribution in [-0.4, -0.2) is 16.8 Å². The summed E-state index contributed by atoms with van der Waals surface area (Å²) in [5.41, 5.74) is 5.12. The predicted octanol–water partition coefficient (Wildman–Crippen LogP) is 2.43. The number of hydrazine groups is 1. The van der Waals surface area contributed by atoms with Gasteiger partial charge in [0.1, 0.15) is 11.5 Å². The Labute approximate surface area is 133 Å². The Kier molecular flexibility index (Phi) is 4.14. The van der Waals surface area contributed by atoms with Crippen molar-refractivity contribution in [2.24, 2.45) is 0 Å². The number of hydrogen-bond donors (Lipinski definition) is 3. The summed E-state index contributed by atoms with van der Waals surface area (Å²) >= 11 is 0. The Hall–Kier alpha value is -2.63. The quantitative estimate of drug-likeness (QED) is 0.761. The fourth-order valence-electron chi connectivity index (χ4n) is 3.18. The van der Waals surface area contributed by atoms with Gasteiger partial charge in [-0.05, 0) is 42.7 Å². The van der Waals surface area contributed by atoms with Gasteiger partial charge in [0.15, 0.2) is 0 Å². The van der Waals surface area contributed by atoms with Crippen molar-refractivity contribution < 1.29 is 14.0 Å². The van der Waals surface area contributed by atoms with Crippen LogP contribution in [0.2, 0.25) is 0 Å². The van der Waals surface area contributed by atoms with E-state index in [-0.39, 0.29) is 11.7 Å². The van der Waals surface area contributed by atoms with Gasteiger partial charge in [-0.3, -0.25) is 20.4 Å². The second kappa shape index (κ2) is 6.24. The van der Waals surface area contributed by atoms with Crippen molar-refractivity contribution >= 4 is 11.8 Å². The molecule has 1 heterocycles. The third-order valence-corrected chi connectivity index (χ3v) is 4.40. The van der Waals surface area contributed by atoms with Crippen LogP contribution in [-0.2, 0) is 10.2 Å². The van der Waals surface area contributed by atoms with Crippen LogP contribution in [0.3, 0.4) is 0 Å². The lowest BCUT2D eigenvalue weighted by Gasteiger charge is -2.28. The van der Waals surface area contributed by atoms with Crippen LogP contribution in [0.4, 0.5) is 4.39 Å². The fourth-order valence-corrected chi connectivity index (χ4v) is 3.18. The van der Waals surface area contributed by atoms with Gasteiger partial charge in [-0.1, -0.05) is 25.0 Å². The van der Waals surface area contributed by atoms with Gasteiger partial charge in [-0.15, -0.1) is 0 Å². The highest BCUT2D eigenvalue weighted by Crippen LogP contribution is 2.41. The van der Waals surface area contributed by atoms with Crippen molar-refractivity contribution in [2.75, 3.05) is 0 Å². The number of nitrogens with one attached hydrogen (secondary N) is 3. The first-order chi connectivity index (χ1) is 11.1. The standard InChI is InChI=1S/C17H18FN3O2/c18-13-6-3-5-12(11-13)17(8-1-2-9-17)16(23)21-20-15(22)14-7-4-10-19-14/h3-7,10-11,19H,1-2,8-9H2,(H,20,22)(H,21,23). The number of carbonyl (C=O) groups excluding carboxylic acids is 2. The van der Waals surface area contributed by atoms with Crippen molar-refractivity contribution in [3.63, 3.8) is 0 Å². The summed E-state index contributed by atoms with van der Waals surface area (Å²) in [6.07, 6.45) is 4.70. The second-order valence-electron chi connectivity index (χ2n) is 5.79. The van der Waals surface area contributed by atoms with Gasteiger partial charge in [0, 0.05) is 6.20 Å². The Morgan fingerprint density at radius 3 is 2.52 bits per heavy atom. The lowest BCUT2D eigenvalue weighted by atomic mass is 9.78. The molecule has 0 spiro atoms. The van der Waals surface area contributed by atoms with Crippen LogP contribution >= 0.6 is 0 Å². The van der Waals surface area contributed by atoms with E-state index in [0.29, 0.717) is 24.1 Å². The first-order valence-corrected chi connectivity index (χ1v) is 7.62. The zero-order valence-electron chi connectivity index (χ0n) is 12.6. The summed E-state index contributed by atoms with van der Waals surface area (Å²) in [4.78, 5) is 27.4. The molecule has 0 radical (unpaired) electrons. The highest BCUT2D eigenvalue weighted by Gasteiger charge is 2.43. The summed E-state index contributed by atoms with van der Waals surface area (Å²) in [5.74, 6) is -1.09. The molecule has 6 heteroatoms. The van der Waals surface area contributed by atoms with E-state index in [1.807, 2.05) is 0 Å². The van der Waals surface area contributed by atoms with E-state index in [4.69, 9.17) is 0 Å². The molecule has 2 aromatic rings. The van der Waals surface area contributed by atoms with Crippen molar-refractivity contribution in [2.45, 2.75) is 31.1 Å². The van der Waals surface area contributed by atoms with Crippen molar-refractivity contribution in [3.05, 3.63) is 59.7 Å². The number of aromatic amines is 1. The van der Waals surface area contributed by atoms with Crippen molar-refractivity contribution in [1.29, 1.82) is 0 Å². The molecule has 120 valence electrons. The lowest BCUT2D eigenvalue weighted by Crippen LogP contribution is -2.50. The SMILES string of the molecule is O=C(NNC(=O)C1(c2cccc(F)c2)CCCC1)c1ccc[nH]1. The first-order valence-electron chi connectivity index (χ1n) is 7.62. The largest absolute Gasteiger partial charge is 0.357 e. The average Bonchev–Trinajstić information content (AvgIpc) is 3.24. The van der Waals surface area contributed by atoms with E-state index in [1.165, 1.54) is 12.1 Å². The third-order valence-electron chi connectivity index (χ3n) is 4.40. The number of rotatable bonds is 3. The molecule has 1 aliphatic rings. The van der Waals surface area contributed by atoms with E-state index in [9.17, 15) is 14.0 Å². The van der Waals surface area contributed by atoms with Gasteiger partial charge in [-0.2, -0.15) is 0 Å². The van der Waals surface area contributed by atoms with Gasteiger partial charge in [0.2, 0.25) is 5.91 Å². The molecule has 1 aromatic carbocycles. The molecule has 0 aliphatic heterocycles. The fraction of sp³-hybridized carbons (Fsp3) is 0.294. The Morgan fingerprint density at radius 2 is 1.87 bits per heavy atom. The Bertz CT molecular complexity index is 706. The van der Waals surface area contributed by atoms with Crippen LogP contribution in [0.15, 0.2) is 42.6 Å². The van der Waals surface area contributed by atoms with Gasteiger partial charge < -0.3 is 4.98 Å². The van der Waals surface area contributed by atoms with Crippen molar-refractivity contribution in [3.8, 4) is 0 Å². The second-order valence-corrected chi connectivity index (χ2v) is 5.79. The van der Waals surface area contributed by atoms with Crippen LogP contribution < -0.4 is 10.9 Å². The number of carbonyl (C=O) groups is 2. The molecule has 1 aliphatic carbocycles. The van der Waals surface area contributed by atoms with E-state index < -0.39 is 11.3 Å². The predicted molar refractivity (Wildman–Crippen MR) is 82.9 cm³/mol. The van der Waals surface area contributed by atoms with Gasteiger partial charge in [-0.25, -0.2) is 4.39 Å². The molecular weight excluding hydrogens is 297 g/mol. The highest BCUT2D eigenvalue weighted by molar-refractivity contribution is 5.95. The maximum atomic E-state index is 13.5. The van der Waals surface area contributed by atoms with Gasteiger partial charge in [0.05, 0.1) is 5.41 Å². The first kappa shape index (κ1) is 15.3. The summed E-state index contributed by atoms with van der Waals surface area (Å²) in [6.45, 7) is 0. The van der Waals surface area contributed by atoms with E-state index in [0.717, 1.165) is 12.8 Å². The minimum absolute atomic E-state index is 0.305. The molecule has 0 unspecified atom stereocenters. The number of aromatic nitrogens is 1. The topological polar surface area (TPSA) is 74.0 Å². The normalized spacial score (nSPS) is 16.0. The number of benzene rings is 1. The zero-order valence-corrected chi connectivity index (χ0v) is 12.6. The van der Waals surface area contributed by atoms with E-state index in [2.05, 4.69) is 15.8 Å². The van der Waals surface area contributed by atoms with Gasteiger partial charge in [0.25, 0.3) is 5.91 Å². The summed E-state index contributed by atoms with van der Waals surface area (Å²) in [6, 6.07) is 9.44. The molecule has 1 aromatic heterocycles. The Morgan fingerprint density at radius 1 is 1.09 bits per heavy atom. The molecule has 0 atom stereocenters. The van der Waals surface area contributed by atoms with Crippen LogP contribution in [0.1, 0.15) is 41.7 Å². The number of H-pyrrole nitrogens is 1. The molecule has 0 saturated heterocycles. The number of hydrogen-bond acceptors (Lipinski definition) is 2. The number of amides is 2. The molecule has 1 fully saturated rings. The molecule has 1 saturated carbocycles. The maximum absolute atomic E-state index is 13.5. The number of halogens is 1. The maximum Gasteiger partial charge on any atom is 0.286 e. The summed E-state index contributed by atoms with van der Waals surface area (Å²) in [5, 5.41) is 0. The molecule has 5 nitrogen and oxygen atoms in total. The van der Waals surface area contributed by atoms with Crippen molar-refractivity contribution in [1.82, 2.24) is 15.8 Å². The lowest BCUT2D eigenvalue weighted by molar-refractivity contribution is -0.127.